The molecule has 2 heterocycles. The maximum Gasteiger partial charge on any atom is 0.0477 e. The third kappa shape index (κ3) is 1.77. The largest absolute Gasteiger partial charge is 0.290 e. The average molecular weight is 174 g/mol. The van der Waals surface area contributed by atoms with Crippen molar-refractivity contribution in [1.29, 1.82) is 0 Å². The predicted molar refractivity (Wildman–Crippen MR) is 56.4 cm³/mol. The lowest BCUT2D eigenvalue weighted by Gasteiger charge is -2.09. The molecule has 2 nitrogen and oxygen atoms in total. The second kappa shape index (κ2) is 3.29. The van der Waals surface area contributed by atoms with E-state index < -0.39 is 0 Å². The molecule has 13 heavy (non-hydrogen) atoms. The highest BCUT2D eigenvalue weighted by Crippen LogP contribution is 2.21. The quantitative estimate of drug-likeness (QED) is 0.538. The first-order valence-electron chi connectivity index (χ1n) is 4.72. The lowest BCUT2D eigenvalue weighted by atomic mass is 9.99. The minimum absolute atomic E-state index is 0.507. The SMILES string of the molecule is CC1=CC2CCN=C(C)/C=C\C2=N1. The Morgan fingerprint density at radius 2 is 2.15 bits per heavy atom. The Labute approximate surface area is 78.8 Å². The molecule has 0 radical (unpaired) electrons. The van der Waals surface area contributed by atoms with Gasteiger partial charge in [-0.1, -0.05) is 6.08 Å². The number of allylic oxidation sites excluding steroid dienone is 4. The van der Waals surface area contributed by atoms with Crippen LogP contribution >= 0.6 is 0 Å². The fourth-order valence-electron chi connectivity index (χ4n) is 1.73. The molecule has 0 saturated heterocycles. The summed E-state index contributed by atoms with van der Waals surface area (Å²) >= 11 is 0. The molecule has 0 fully saturated rings. The first kappa shape index (κ1) is 8.42. The smallest absolute Gasteiger partial charge is 0.0477 e. The Balaban J connectivity index is 2.26. The molecule has 1 atom stereocenters. The molecule has 0 saturated carbocycles. The van der Waals surface area contributed by atoms with Crippen molar-refractivity contribution in [3.8, 4) is 0 Å². The van der Waals surface area contributed by atoms with Gasteiger partial charge in [-0.15, -0.1) is 0 Å². The van der Waals surface area contributed by atoms with Crippen LogP contribution in [0.5, 0.6) is 0 Å². The van der Waals surface area contributed by atoms with Crippen LogP contribution in [0.15, 0.2) is 33.9 Å². The lowest BCUT2D eigenvalue weighted by Crippen LogP contribution is -2.10. The fraction of sp³-hybridized carbons (Fsp3) is 0.455. The van der Waals surface area contributed by atoms with Gasteiger partial charge in [0, 0.05) is 29.6 Å². The summed E-state index contributed by atoms with van der Waals surface area (Å²) in [6.07, 6.45) is 7.47. The summed E-state index contributed by atoms with van der Waals surface area (Å²) in [5, 5.41) is 0. The van der Waals surface area contributed by atoms with Gasteiger partial charge in [0.15, 0.2) is 0 Å². The molecule has 0 aliphatic carbocycles. The summed E-state index contributed by atoms with van der Waals surface area (Å²) in [6.45, 7) is 5.01. The van der Waals surface area contributed by atoms with Crippen molar-refractivity contribution in [1.82, 2.24) is 0 Å². The van der Waals surface area contributed by atoms with E-state index in [1.54, 1.807) is 0 Å². The van der Waals surface area contributed by atoms with Crippen molar-refractivity contribution in [2.24, 2.45) is 15.9 Å². The minimum Gasteiger partial charge on any atom is -0.290 e. The minimum atomic E-state index is 0.507. The number of hydrogen-bond acceptors (Lipinski definition) is 2. The van der Waals surface area contributed by atoms with E-state index in [9.17, 15) is 0 Å². The van der Waals surface area contributed by atoms with Crippen LogP contribution in [0.3, 0.4) is 0 Å². The monoisotopic (exact) mass is 174 g/mol. The van der Waals surface area contributed by atoms with Crippen LogP contribution in [0.25, 0.3) is 0 Å². The van der Waals surface area contributed by atoms with E-state index in [0.717, 1.165) is 24.4 Å². The summed E-state index contributed by atoms with van der Waals surface area (Å²) < 4.78 is 0. The summed E-state index contributed by atoms with van der Waals surface area (Å²) in [5.41, 5.74) is 3.45. The van der Waals surface area contributed by atoms with Crippen molar-refractivity contribution in [3.63, 3.8) is 0 Å². The van der Waals surface area contributed by atoms with Crippen LogP contribution in [0.1, 0.15) is 20.3 Å². The van der Waals surface area contributed by atoms with Crippen molar-refractivity contribution in [3.05, 3.63) is 23.9 Å². The summed E-state index contributed by atoms with van der Waals surface area (Å²) in [5.74, 6) is 0.507. The maximum absolute atomic E-state index is 4.48. The van der Waals surface area contributed by atoms with Crippen LogP contribution in [-0.4, -0.2) is 18.0 Å². The molecule has 2 aliphatic rings. The van der Waals surface area contributed by atoms with E-state index in [2.05, 4.69) is 35.1 Å². The van der Waals surface area contributed by atoms with Crippen LogP contribution in [0, 0.1) is 5.92 Å². The topological polar surface area (TPSA) is 24.7 Å². The van der Waals surface area contributed by atoms with Gasteiger partial charge in [-0.05, 0) is 32.4 Å². The van der Waals surface area contributed by atoms with Gasteiger partial charge in [0.1, 0.15) is 0 Å². The highest BCUT2D eigenvalue weighted by Gasteiger charge is 2.17. The number of aliphatic imine (C=N–C) groups is 2. The zero-order valence-corrected chi connectivity index (χ0v) is 8.12. The number of rotatable bonds is 0. The molecule has 68 valence electrons. The van der Waals surface area contributed by atoms with E-state index in [1.165, 1.54) is 5.71 Å². The Morgan fingerprint density at radius 1 is 1.31 bits per heavy atom. The van der Waals surface area contributed by atoms with E-state index in [4.69, 9.17) is 0 Å². The molecule has 0 aromatic heterocycles. The number of hydrogen-bond donors (Lipinski definition) is 0. The van der Waals surface area contributed by atoms with E-state index in [1.807, 2.05) is 6.92 Å². The van der Waals surface area contributed by atoms with Gasteiger partial charge in [0.05, 0.1) is 0 Å². The van der Waals surface area contributed by atoms with Gasteiger partial charge in [-0.3, -0.25) is 9.98 Å². The van der Waals surface area contributed by atoms with Gasteiger partial charge in [0.2, 0.25) is 0 Å². The summed E-state index contributed by atoms with van der Waals surface area (Å²) in [6, 6.07) is 0. The van der Waals surface area contributed by atoms with E-state index in [0.29, 0.717) is 5.92 Å². The lowest BCUT2D eigenvalue weighted by molar-refractivity contribution is 0.761. The normalized spacial score (nSPS) is 29.4. The van der Waals surface area contributed by atoms with Crippen molar-refractivity contribution >= 4 is 11.4 Å². The molecule has 0 amide bonds. The highest BCUT2D eigenvalue weighted by molar-refractivity contribution is 6.06. The average Bonchev–Trinajstić information content (AvgIpc) is 2.40. The second-order valence-corrected chi connectivity index (χ2v) is 3.60. The summed E-state index contributed by atoms with van der Waals surface area (Å²) in [7, 11) is 0. The van der Waals surface area contributed by atoms with Crippen LogP contribution in [0.4, 0.5) is 0 Å². The third-order valence-electron chi connectivity index (χ3n) is 2.42. The number of nitrogens with zero attached hydrogens (tertiary/aromatic N) is 2. The van der Waals surface area contributed by atoms with Crippen LogP contribution in [0.2, 0.25) is 0 Å². The third-order valence-corrected chi connectivity index (χ3v) is 2.42. The molecular weight excluding hydrogens is 160 g/mol. The highest BCUT2D eigenvalue weighted by atomic mass is 14.8. The first-order valence-corrected chi connectivity index (χ1v) is 4.72. The van der Waals surface area contributed by atoms with Crippen molar-refractivity contribution in [2.75, 3.05) is 6.54 Å². The molecule has 2 rings (SSSR count). The van der Waals surface area contributed by atoms with Crippen LogP contribution < -0.4 is 0 Å². The number of fused-ring (bicyclic) bond motifs is 1. The van der Waals surface area contributed by atoms with E-state index >= 15 is 0 Å². The predicted octanol–water partition coefficient (Wildman–Crippen LogP) is 2.38. The van der Waals surface area contributed by atoms with Gasteiger partial charge in [-0.25, -0.2) is 0 Å². The second-order valence-electron chi connectivity index (χ2n) is 3.60. The molecule has 2 aliphatic heterocycles. The zero-order chi connectivity index (χ0) is 9.26. The fourth-order valence-corrected chi connectivity index (χ4v) is 1.73. The van der Waals surface area contributed by atoms with Gasteiger partial charge >= 0.3 is 0 Å². The molecule has 0 N–H and O–H groups in total. The Hall–Kier alpha value is -1.18. The molecule has 2 heteroatoms. The van der Waals surface area contributed by atoms with Gasteiger partial charge < -0.3 is 0 Å². The summed E-state index contributed by atoms with van der Waals surface area (Å²) in [4.78, 5) is 8.90. The van der Waals surface area contributed by atoms with Crippen LogP contribution in [-0.2, 0) is 0 Å². The first-order chi connectivity index (χ1) is 6.25. The van der Waals surface area contributed by atoms with Gasteiger partial charge in [-0.2, -0.15) is 0 Å². The Morgan fingerprint density at radius 3 is 3.00 bits per heavy atom. The molecule has 0 aromatic rings. The van der Waals surface area contributed by atoms with Gasteiger partial charge in [0.25, 0.3) is 0 Å². The zero-order valence-electron chi connectivity index (χ0n) is 8.12. The molecular formula is C11H14N2. The molecule has 0 spiro atoms. The molecule has 1 unspecified atom stereocenters. The molecule has 0 aromatic carbocycles. The van der Waals surface area contributed by atoms with E-state index in [-0.39, 0.29) is 0 Å². The van der Waals surface area contributed by atoms with Crippen molar-refractivity contribution < 1.29 is 0 Å². The maximum atomic E-state index is 4.48. The van der Waals surface area contributed by atoms with Crippen molar-refractivity contribution in [2.45, 2.75) is 20.3 Å². The Bertz CT molecular complexity index is 326. The Kier molecular flexibility index (Phi) is 2.13. The standard InChI is InChI=1S/C11H14N2/c1-8-3-4-11-10(5-6-12-8)7-9(2)13-11/h3-4,7,10H,5-6H2,1-2H3/b4-3-,12-8?. The molecule has 0 bridgehead atoms.